The van der Waals surface area contributed by atoms with Crippen molar-refractivity contribution >= 4 is 17.6 Å². The smallest absolute Gasteiger partial charge is 0.321 e. The van der Waals surface area contributed by atoms with E-state index in [0.717, 1.165) is 30.6 Å². The Labute approximate surface area is 159 Å². The van der Waals surface area contributed by atoms with E-state index in [4.69, 9.17) is 0 Å². The molecular weight excluding hydrogens is 342 g/mol. The van der Waals surface area contributed by atoms with Gasteiger partial charge in [0, 0.05) is 25.8 Å². The molecule has 1 atom stereocenters. The van der Waals surface area contributed by atoms with Crippen molar-refractivity contribution in [1.29, 1.82) is 0 Å². The van der Waals surface area contributed by atoms with Crippen molar-refractivity contribution in [2.75, 3.05) is 25.0 Å². The third-order valence-electron chi connectivity index (χ3n) is 4.74. The van der Waals surface area contributed by atoms with Crippen molar-refractivity contribution in [3.05, 3.63) is 42.2 Å². The van der Waals surface area contributed by atoms with E-state index in [2.05, 4.69) is 15.7 Å². The Morgan fingerprint density at radius 2 is 2.07 bits per heavy atom. The lowest BCUT2D eigenvalue weighted by molar-refractivity contribution is -0.126. The first-order valence-electron chi connectivity index (χ1n) is 9.53. The minimum absolute atomic E-state index is 0.0433. The second kappa shape index (κ2) is 8.70. The third kappa shape index (κ3) is 4.67. The highest BCUT2D eigenvalue weighted by Gasteiger charge is 2.28. The van der Waals surface area contributed by atoms with E-state index in [1.165, 1.54) is 0 Å². The van der Waals surface area contributed by atoms with Gasteiger partial charge in [-0.15, -0.1) is 0 Å². The molecular formula is C20H27N5O2. The largest absolute Gasteiger partial charge is 0.356 e. The van der Waals surface area contributed by atoms with Crippen LogP contribution in [-0.4, -0.2) is 46.3 Å². The second-order valence-electron chi connectivity index (χ2n) is 6.93. The number of rotatable bonds is 5. The first-order valence-corrected chi connectivity index (χ1v) is 9.53. The molecule has 1 aromatic heterocycles. The van der Waals surface area contributed by atoms with Crippen molar-refractivity contribution in [2.24, 2.45) is 5.92 Å². The van der Waals surface area contributed by atoms with Crippen LogP contribution in [0.2, 0.25) is 0 Å². The number of aryl methyl sites for hydroxylation is 1. The summed E-state index contributed by atoms with van der Waals surface area (Å²) in [6, 6.07) is 9.31. The Morgan fingerprint density at radius 3 is 2.81 bits per heavy atom. The van der Waals surface area contributed by atoms with Gasteiger partial charge in [-0.1, -0.05) is 19.1 Å². The van der Waals surface area contributed by atoms with Gasteiger partial charge in [-0.3, -0.25) is 4.79 Å². The average molecular weight is 369 g/mol. The Kier molecular flexibility index (Phi) is 6.11. The van der Waals surface area contributed by atoms with E-state index >= 15 is 0 Å². The number of benzene rings is 1. The highest BCUT2D eigenvalue weighted by atomic mass is 16.2. The predicted molar refractivity (Wildman–Crippen MR) is 105 cm³/mol. The maximum absolute atomic E-state index is 12.8. The van der Waals surface area contributed by atoms with Crippen LogP contribution in [0.4, 0.5) is 10.5 Å². The van der Waals surface area contributed by atoms with Gasteiger partial charge in [0.25, 0.3) is 0 Å². The van der Waals surface area contributed by atoms with Crippen LogP contribution < -0.4 is 10.6 Å². The second-order valence-corrected chi connectivity index (χ2v) is 6.93. The number of amides is 3. The number of carbonyl (C=O) groups excluding carboxylic acids is 2. The molecule has 0 bridgehead atoms. The highest BCUT2D eigenvalue weighted by Crippen LogP contribution is 2.22. The fourth-order valence-corrected chi connectivity index (χ4v) is 3.29. The van der Waals surface area contributed by atoms with Gasteiger partial charge in [0.05, 0.1) is 23.0 Å². The van der Waals surface area contributed by atoms with Crippen LogP contribution in [0.3, 0.4) is 0 Å². The molecule has 0 radical (unpaired) electrons. The van der Waals surface area contributed by atoms with Crippen LogP contribution in [-0.2, 0) is 4.79 Å². The van der Waals surface area contributed by atoms with Crippen LogP contribution in [0, 0.1) is 12.8 Å². The zero-order valence-corrected chi connectivity index (χ0v) is 15.9. The van der Waals surface area contributed by atoms with E-state index in [1.54, 1.807) is 9.58 Å². The van der Waals surface area contributed by atoms with Crippen molar-refractivity contribution in [3.8, 4) is 5.69 Å². The molecule has 3 rings (SSSR count). The third-order valence-corrected chi connectivity index (χ3v) is 4.74. The molecule has 144 valence electrons. The van der Waals surface area contributed by atoms with E-state index in [0.29, 0.717) is 25.3 Å². The normalized spacial score (nSPS) is 16.8. The minimum Gasteiger partial charge on any atom is -0.356 e. The lowest BCUT2D eigenvalue weighted by Crippen LogP contribution is -2.47. The van der Waals surface area contributed by atoms with Crippen LogP contribution in [0.25, 0.3) is 5.69 Å². The summed E-state index contributed by atoms with van der Waals surface area (Å²) in [6.07, 6.45) is 4.43. The molecule has 1 saturated heterocycles. The molecule has 7 nitrogen and oxygen atoms in total. The van der Waals surface area contributed by atoms with Crippen LogP contribution in [0.1, 0.15) is 31.9 Å². The maximum atomic E-state index is 12.8. The molecule has 1 fully saturated rings. The van der Waals surface area contributed by atoms with E-state index in [-0.39, 0.29) is 17.9 Å². The number of carbonyl (C=O) groups is 2. The molecule has 3 amide bonds. The summed E-state index contributed by atoms with van der Waals surface area (Å²) >= 11 is 0. The van der Waals surface area contributed by atoms with Gasteiger partial charge in [-0.25, -0.2) is 9.48 Å². The van der Waals surface area contributed by atoms with Gasteiger partial charge in [-0.2, -0.15) is 5.10 Å². The van der Waals surface area contributed by atoms with Gasteiger partial charge in [0.1, 0.15) is 0 Å². The molecule has 27 heavy (non-hydrogen) atoms. The number of nitrogens with zero attached hydrogens (tertiary/aromatic N) is 3. The topological polar surface area (TPSA) is 79.3 Å². The van der Waals surface area contributed by atoms with E-state index < -0.39 is 0 Å². The Balaban J connectivity index is 1.68. The first kappa shape index (κ1) is 18.9. The lowest BCUT2D eigenvalue weighted by atomic mass is 9.97. The number of piperidine rings is 1. The summed E-state index contributed by atoms with van der Waals surface area (Å²) < 4.78 is 1.75. The van der Waals surface area contributed by atoms with Crippen molar-refractivity contribution in [3.63, 3.8) is 0 Å². The number of hydrogen-bond acceptors (Lipinski definition) is 3. The summed E-state index contributed by atoms with van der Waals surface area (Å²) in [5.41, 5.74) is 2.42. The van der Waals surface area contributed by atoms with Crippen LogP contribution in [0.5, 0.6) is 0 Å². The van der Waals surface area contributed by atoms with E-state index in [9.17, 15) is 9.59 Å². The van der Waals surface area contributed by atoms with Crippen LogP contribution >= 0.6 is 0 Å². The monoisotopic (exact) mass is 369 g/mol. The Bertz CT molecular complexity index is 801. The van der Waals surface area contributed by atoms with Gasteiger partial charge in [-0.05, 0) is 44.4 Å². The molecule has 1 unspecified atom stereocenters. The average Bonchev–Trinajstić information content (AvgIpc) is 3.12. The number of para-hydroxylation sites is 2. The molecule has 7 heteroatoms. The fraction of sp³-hybridized carbons (Fsp3) is 0.450. The molecule has 2 N–H and O–H groups in total. The number of aromatic nitrogens is 2. The molecule has 0 saturated carbocycles. The summed E-state index contributed by atoms with van der Waals surface area (Å²) in [4.78, 5) is 26.8. The summed E-state index contributed by atoms with van der Waals surface area (Å²) in [6.45, 7) is 5.74. The Hall–Kier alpha value is -2.83. The Morgan fingerprint density at radius 1 is 1.26 bits per heavy atom. The van der Waals surface area contributed by atoms with Gasteiger partial charge >= 0.3 is 6.03 Å². The fourth-order valence-electron chi connectivity index (χ4n) is 3.29. The molecule has 1 aliphatic heterocycles. The number of urea groups is 1. The van der Waals surface area contributed by atoms with Crippen molar-refractivity contribution in [2.45, 2.75) is 33.1 Å². The zero-order valence-electron chi connectivity index (χ0n) is 15.9. The standard InChI is InChI=1S/C20H27N5O2/c1-3-11-21-19(26)16-7-6-12-24(14-16)20(27)22-17-8-4-5-9-18(17)25-13-10-15(2)23-25/h4-5,8-10,13,16H,3,6-7,11-12,14H2,1-2H3,(H,21,26)(H,22,27). The highest BCUT2D eigenvalue weighted by molar-refractivity contribution is 5.92. The summed E-state index contributed by atoms with van der Waals surface area (Å²) in [5, 5.41) is 10.3. The minimum atomic E-state index is -0.181. The van der Waals surface area contributed by atoms with Gasteiger partial charge < -0.3 is 15.5 Å². The molecule has 2 aromatic rings. The quantitative estimate of drug-likeness (QED) is 0.850. The number of nitrogens with one attached hydrogen (secondary N) is 2. The summed E-state index contributed by atoms with van der Waals surface area (Å²) in [5.74, 6) is -0.0955. The molecule has 0 aliphatic carbocycles. The first-order chi connectivity index (χ1) is 13.1. The lowest BCUT2D eigenvalue weighted by Gasteiger charge is -2.32. The maximum Gasteiger partial charge on any atom is 0.321 e. The molecule has 1 aromatic carbocycles. The van der Waals surface area contributed by atoms with Gasteiger partial charge in [0.2, 0.25) is 5.91 Å². The molecule has 0 spiro atoms. The van der Waals surface area contributed by atoms with E-state index in [1.807, 2.05) is 50.4 Å². The number of likely N-dealkylation sites (tertiary alicyclic amines) is 1. The predicted octanol–water partition coefficient (Wildman–Crippen LogP) is 2.95. The van der Waals surface area contributed by atoms with Crippen molar-refractivity contribution in [1.82, 2.24) is 20.0 Å². The van der Waals surface area contributed by atoms with Crippen molar-refractivity contribution < 1.29 is 9.59 Å². The number of anilines is 1. The van der Waals surface area contributed by atoms with Crippen LogP contribution in [0.15, 0.2) is 36.5 Å². The number of hydrogen-bond donors (Lipinski definition) is 2. The van der Waals surface area contributed by atoms with Gasteiger partial charge in [0.15, 0.2) is 0 Å². The SMILES string of the molecule is CCCNC(=O)C1CCCN(C(=O)Nc2ccccc2-n2ccc(C)n2)C1. The summed E-state index contributed by atoms with van der Waals surface area (Å²) in [7, 11) is 0. The molecule has 2 heterocycles. The molecule has 1 aliphatic rings. The zero-order chi connectivity index (χ0) is 19.2.